The average Bonchev–Trinajstić information content (AvgIpc) is 3.41. The van der Waals surface area contributed by atoms with Crippen molar-refractivity contribution in [3.8, 4) is 5.69 Å². The third kappa shape index (κ3) is 4.33. The van der Waals surface area contributed by atoms with Gasteiger partial charge in [-0.1, -0.05) is 47.1 Å². The summed E-state index contributed by atoms with van der Waals surface area (Å²) in [5.41, 5.74) is 2.00. The summed E-state index contributed by atoms with van der Waals surface area (Å²) in [7, 11) is 0. The van der Waals surface area contributed by atoms with E-state index in [0.717, 1.165) is 5.56 Å². The molecular weight excluding hydrogens is 392 g/mol. The van der Waals surface area contributed by atoms with E-state index in [4.69, 9.17) is 16.1 Å². The smallest absolute Gasteiger partial charge is 0.254 e. The summed E-state index contributed by atoms with van der Waals surface area (Å²) in [5.74, 6) is 0.542. The van der Waals surface area contributed by atoms with Crippen molar-refractivity contribution in [1.29, 1.82) is 0 Å². The minimum Gasteiger partial charge on any atom is -0.340 e. The predicted octanol–water partition coefficient (Wildman–Crippen LogP) is 3.39. The summed E-state index contributed by atoms with van der Waals surface area (Å²) < 4.78 is 6.83. The molecule has 1 N–H and O–H groups in total. The molecule has 0 saturated carbocycles. The Bertz CT molecular complexity index is 1110. The molecule has 2 heterocycles. The molecule has 1 amide bonds. The van der Waals surface area contributed by atoms with Gasteiger partial charge in [-0.25, -0.2) is 9.67 Å². The Labute approximate surface area is 171 Å². The zero-order valence-corrected chi connectivity index (χ0v) is 16.2. The van der Waals surface area contributed by atoms with Gasteiger partial charge in [-0.2, -0.15) is 10.1 Å². The predicted molar refractivity (Wildman–Crippen MR) is 106 cm³/mol. The third-order valence-corrected chi connectivity index (χ3v) is 4.51. The van der Waals surface area contributed by atoms with Crippen LogP contribution in [0, 0.1) is 0 Å². The first kappa shape index (κ1) is 18.8. The number of halogens is 1. The van der Waals surface area contributed by atoms with Crippen LogP contribution in [0.2, 0.25) is 5.02 Å². The highest BCUT2D eigenvalue weighted by atomic mass is 35.5. The Hall–Kier alpha value is -3.52. The summed E-state index contributed by atoms with van der Waals surface area (Å²) in [6.45, 7) is 1.78. The van der Waals surface area contributed by atoms with Gasteiger partial charge in [0.25, 0.3) is 5.91 Å². The van der Waals surface area contributed by atoms with Crippen LogP contribution in [0.15, 0.2) is 65.7 Å². The van der Waals surface area contributed by atoms with Crippen LogP contribution in [0.4, 0.5) is 0 Å². The van der Waals surface area contributed by atoms with Crippen LogP contribution in [0.1, 0.15) is 40.6 Å². The van der Waals surface area contributed by atoms with Crippen molar-refractivity contribution in [2.75, 3.05) is 0 Å². The molecule has 8 nitrogen and oxygen atoms in total. The van der Waals surface area contributed by atoms with Gasteiger partial charge in [0.1, 0.15) is 18.7 Å². The number of nitrogens with one attached hydrogen (secondary N) is 1. The SMILES string of the molecule is CC(NC(=O)c1cc(Cl)ccc1-n1cncn1)c1nc(Cc2ccccc2)no1. The molecule has 1 atom stereocenters. The molecule has 0 aliphatic carbocycles. The second-order valence-corrected chi connectivity index (χ2v) is 6.84. The van der Waals surface area contributed by atoms with E-state index < -0.39 is 6.04 Å². The van der Waals surface area contributed by atoms with Crippen molar-refractivity contribution in [2.45, 2.75) is 19.4 Å². The van der Waals surface area contributed by atoms with Gasteiger partial charge in [0, 0.05) is 11.4 Å². The van der Waals surface area contributed by atoms with Crippen LogP contribution in [-0.4, -0.2) is 30.8 Å². The standard InChI is InChI=1S/C20H17ClN6O2/c1-13(20-25-18(26-29-20)9-14-5-3-2-4-6-14)24-19(28)16-10-15(21)7-8-17(16)27-12-22-11-23-27/h2-8,10-13H,9H2,1H3,(H,24,28). The topological polar surface area (TPSA) is 98.7 Å². The second-order valence-electron chi connectivity index (χ2n) is 6.41. The molecule has 0 saturated heterocycles. The van der Waals surface area contributed by atoms with Crippen molar-refractivity contribution >= 4 is 17.5 Å². The summed E-state index contributed by atoms with van der Waals surface area (Å²) in [5, 5.41) is 11.4. The van der Waals surface area contributed by atoms with E-state index in [1.807, 2.05) is 30.3 Å². The van der Waals surface area contributed by atoms with Gasteiger partial charge < -0.3 is 9.84 Å². The van der Waals surface area contributed by atoms with E-state index >= 15 is 0 Å². The maximum atomic E-state index is 12.9. The van der Waals surface area contributed by atoms with Crippen LogP contribution in [0.25, 0.3) is 5.69 Å². The molecule has 1 unspecified atom stereocenters. The molecule has 2 aromatic heterocycles. The van der Waals surface area contributed by atoms with Crippen molar-refractivity contribution in [1.82, 2.24) is 30.2 Å². The van der Waals surface area contributed by atoms with Gasteiger partial charge in [0.15, 0.2) is 5.82 Å². The zero-order chi connectivity index (χ0) is 20.2. The lowest BCUT2D eigenvalue weighted by Crippen LogP contribution is -2.28. The number of benzene rings is 2. The first-order chi connectivity index (χ1) is 14.1. The van der Waals surface area contributed by atoms with Crippen LogP contribution in [0.3, 0.4) is 0 Å². The number of hydrogen-bond acceptors (Lipinski definition) is 6. The van der Waals surface area contributed by atoms with E-state index in [9.17, 15) is 4.79 Å². The van der Waals surface area contributed by atoms with E-state index in [1.165, 1.54) is 17.3 Å². The Kier molecular flexibility index (Phi) is 5.35. The highest BCUT2D eigenvalue weighted by molar-refractivity contribution is 6.31. The van der Waals surface area contributed by atoms with Crippen LogP contribution < -0.4 is 5.32 Å². The van der Waals surface area contributed by atoms with E-state index in [0.29, 0.717) is 34.4 Å². The Balaban J connectivity index is 1.50. The number of rotatable bonds is 6. The van der Waals surface area contributed by atoms with E-state index in [-0.39, 0.29) is 5.91 Å². The lowest BCUT2D eigenvalue weighted by atomic mass is 10.1. The van der Waals surface area contributed by atoms with Crippen LogP contribution >= 0.6 is 11.6 Å². The minimum absolute atomic E-state index is 0.327. The lowest BCUT2D eigenvalue weighted by molar-refractivity contribution is 0.0932. The number of carbonyl (C=O) groups excluding carboxylic acids is 1. The molecule has 146 valence electrons. The van der Waals surface area contributed by atoms with Crippen molar-refractivity contribution in [3.63, 3.8) is 0 Å². The second kappa shape index (κ2) is 8.24. The summed E-state index contributed by atoms with van der Waals surface area (Å²) >= 11 is 6.09. The highest BCUT2D eigenvalue weighted by Gasteiger charge is 2.20. The first-order valence-corrected chi connectivity index (χ1v) is 9.30. The molecule has 0 radical (unpaired) electrons. The fourth-order valence-corrected chi connectivity index (χ4v) is 3.02. The summed E-state index contributed by atoms with van der Waals surface area (Å²) in [6, 6.07) is 14.3. The molecule has 4 rings (SSSR count). The quantitative estimate of drug-likeness (QED) is 0.525. The zero-order valence-electron chi connectivity index (χ0n) is 15.5. The number of amides is 1. The van der Waals surface area contributed by atoms with Gasteiger partial charge >= 0.3 is 0 Å². The largest absolute Gasteiger partial charge is 0.340 e. The number of nitrogens with zero attached hydrogens (tertiary/aromatic N) is 5. The molecule has 0 bridgehead atoms. The van der Waals surface area contributed by atoms with Crippen molar-refractivity contribution < 1.29 is 9.32 Å². The van der Waals surface area contributed by atoms with Crippen LogP contribution in [0.5, 0.6) is 0 Å². The van der Waals surface area contributed by atoms with Crippen LogP contribution in [-0.2, 0) is 6.42 Å². The molecule has 9 heteroatoms. The first-order valence-electron chi connectivity index (χ1n) is 8.92. The molecule has 2 aromatic carbocycles. The fourth-order valence-electron chi connectivity index (χ4n) is 2.85. The summed E-state index contributed by atoms with van der Waals surface area (Å²) in [4.78, 5) is 21.2. The van der Waals surface area contributed by atoms with Crippen molar-refractivity contribution in [3.05, 3.63) is 89.1 Å². The van der Waals surface area contributed by atoms with E-state index in [1.54, 1.807) is 25.1 Å². The van der Waals surface area contributed by atoms with Gasteiger partial charge in [-0.15, -0.1) is 0 Å². The monoisotopic (exact) mass is 408 g/mol. The molecule has 29 heavy (non-hydrogen) atoms. The Morgan fingerprint density at radius 3 is 2.83 bits per heavy atom. The normalized spacial score (nSPS) is 11.9. The average molecular weight is 409 g/mol. The molecule has 0 spiro atoms. The maximum absolute atomic E-state index is 12.9. The molecule has 4 aromatic rings. The van der Waals surface area contributed by atoms with Gasteiger partial charge in [-0.05, 0) is 30.7 Å². The summed E-state index contributed by atoms with van der Waals surface area (Å²) in [6.07, 6.45) is 3.46. The molecule has 0 fully saturated rings. The fraction of sp³-hybridized carbons (Fsp3) is 0.150. The van der Waals surface area contributed by atoms with Gasteiger partial charge in [0.2, 0.25) is 5.89 Å². The minimum atomic E-state index is -0.484. The number of carbonyl (C=O) groups is 1. The molecular formula is C20H17ClN6O2. The Morgan fingerprint density at radius 1 is 1.24 bits per heavy atom. The third-order valence-electron chi connectivity index (χ3n) is 4.28. The van der Waals surface area contributed by atoms with E-state index in [2.05, 4.69) is 25.5 Å². The van der Waals surface area contributed by atoms with Gasteiger partial charge in [-0.3, -0.25) is 4.79 Å². The highest BCUT2D eigenvalue weighted by Crippen LogP contribution is 2.20. The van der Waals surface area contributed by atoms with Crippen molar-refractivity contribution in [2.24, 2.45) is 0 Å². The Morgan fingerprint density at radius 2 is 2.07 bits per heavy atom. The number of hydrogen-bond donors (Lipinski definition) is 1. The molecule has 0 aliphatic heterocycles. The number of aromatic nitrogens is 5. The van der Waals surface area contributed by atoms with Gasteiger partial charge in [0.05, 0.1) is 11.3 Å². The molecule has 0 aliphatic rings. The lowest BCUT2D eigenvalue weighted by Gasteiger charge is -2.13. The maximum Gasteiger partial charge on any atom is 0.254 e.